The minimum absolute atomic E-state index is 0.138. The van der Waals surface area contributed by atoms with Crippen LogP contribution in [0, 0.1) is 34.6 Å². The van der Waals surface area contributed by atoms with Crippen molar-refractivity contribution >= 4 is 5.91 Å². The van der Waals surface area contributed by atoms with E-state index in [-0.39, 0.29) is 5.91 Å². The molecule has 0 aliphatic carbocycles. The molecule has 29 heavy (non-hydrogen) atoms. The summed E-state index contributed by atoms with van der Waals surface area (Å²) in [5.74, 6) is -0.138. The van der Waals surface area contributed by atoms with E-state index in [1.165, 1.54) is 5.56 Å². The molecule has 0 bridgehead atoms. The first-order valence-corrected chi connectivity index (χ1v) is 10.4. The standard InChI is InChI=1S/C24H32FNO.C2H6/c1-15-16(2)18(4)21(19(5)17(15)3)22(27)26(9)23(6,7)24(8,25)20-13-11-10-12-14-20;1-2/h10-14H,1-9H3;1-2H3. The van der Waals surface area contributed by atoms with Crippen molar-refractivity contribution in [3.8, 4) is 0 Å². The molecule has 2 rings (SSSR count). The van der Waals surface area contributed by atoms with Crippen LogP contribution in [0.3, 0.4) is 0 Å². The van der Waals surface area contributed by atoms with Gasteiger partial charge in [-0.3, -0.25) is 4.79 Å². The van der Waals surface area contributed by atoms with E-state index in [1.54, 1.807) is 44.9 Å². The van der Waals surface area contributed by atoms with Crippen molar-refractivity contribution in [2.24, 2.45) is 0 Å². The molecular formula is C26H38FNO. The maximum atomic E-state index is 16.0. The second-order valence-electron chi connectivity index (χ2n) is 8.29. The van der Waals surface area contributed by atoms with Crippen LogP contribution in [0.5, 0.6) is 0 Å². The Kier molecular flexibility index (Phi) is 7.81. The molecule has 2 nitrogen and oxygen atoms in total. The summed E-state index contributed by atoms with van der Waals surface area (Å²) in [5, 5.41) is 0. The number of hydrogen-bond donors (Lipinski definition) is 0. The number of rotatable bonds is 4. The summed E-state index contributed by atoms with van der Waals surface area (Å²) in [6, 6.07) is 9.07. The third-order valence-corrected chi connectivity index (χ3v) is 6.82. The van der Waals surface area contributed by atoms with Crippen LogP contribution in [0.1, 0.15) is 78.4 Å². The smallest absolute Gasteiger partial charge is 0.254 e. The number of alkyl halides is 1. The van der Waals surface area contributed by atoms with Gasteiger partial charge >= 0.3 is 0 Å². The number of halogens is 1. The van der Waals surface area contributed by atoms with Crippen molar-refractivity contribution in [1.29, 1.82) is 0 Å². The number of amides is 1. The minimum Gasteiger partial charge on any atom is -0.333 e. The lowest BCUT2D eigenvalue weighted by atomic mass is 9.78. The molecule has 0 heterocycles. The van der Waals surface area contributed by atoms with Gasteiger partial charge in [0.2, 0.25) is 0 Å². The van der Waals surface area contributed by atoms with Crippen LogP contribution in [0.2, 0.25) is 0 Å². The highest BCUT2D eigenvalue weighted by atomic mass is 19.1. The molecule has 0 N–H and O–H groups in total. The normalized spacial score (nSPS) is 13.2. The number of benzene rings is 2. The van der Waals surface area contributed by atoms with E-state index >= 15 is 4.39 Å². The first-order chi connectivity index (χ1) is 13.4. The number of carbonyl (C=O) groups excluding carboxylic acids is 1. The molecule has 0 fully saturated rings. The van der Waals surface area contributed by atoms with Crippen LogP contribution in [0.25, 0.3) is 0 Å². The molecule has 1 amide bonds. The number of nitrogens with zero attached hydrogens (tertiary/aromatic N) is 1. The maximum Gasteiger partial charge on any atom is 0.254 e. The molecule has 0 radical (unpaired) electrons. The van der Waals surface area contributed by atoms with Gasteiger partial charge in [0.1, 0.15) is 0 Å². The van der Waals surface area contributed by atoms with Gasteiger partial charge in [-0.15, -0.1) is 0 Å². The van der Waals surface area contributed by atoms with E-state index in [9.17, 15) is 4.79 Å². The molecule has 160 valence electrons. The lowest BCUT2D eigenvalue weighted by Crippen LogP contribution is -2.56. The molecule has 0 spiro atoms. The lowest BCUT2D eigenvalue weighted by Gasteiger charge is -2.45. The summed E-state index contributed by atoms with van der Waals surface area (Å²) in [4.78, 5) is 15.0. The summed E-state index contributed by atoms with van der Waals surface area (Å²) in [6.07, 6.45) is 0. The van der Waals surface area contributed by atoms with Gasteiger partial charge in [0.15, 0.2) is 5.67 Å². The van der Waals surface area contributed by atoms with Crippen LogP contribution in [0.4, 0.5) is 4.39 Å². The number of likely N-dealkylation sites (N-methyl/N-ethyl adjacent to an activating group) is 1. The Morgan fingerprint density at radius 1 is 0.793 bits per heavy atom. The van der Waals surface area contributed by atoms with Gasteiger partial charge in [-0.05, 0) is 88.8 Å². The second kappa shape index (κ2) is 9.11. The molecule has 0 saturated heterocycles. The first-order valence-electron chi connectivity index (χ1n) is 10.4. The molecule has 0 aromatic heterocycles. The van der Waals surface area contributed by atoms with Crippen molar-refractivity contribution < 1.29 is 9.18 Å². The number of carbonyl (C=O) groups is 1. The minimum atomic E-state index is -1.70. The van der Waals surface area contributed by atoms with Gasteiger partial charge < -0.3 is 4.90 Å². The Morgan fingerprint density at radius 3 is 1.59 bits per heavy atom. The summed E-state index contributed by atoms with van der Waals surface area (Å²) >= 11 is 0. The average Bonchev–Trinajstić information content (AvgIpc) is 2.72. The SMILES string of the molecule is CC.Cc1c(C)c(C)c(C(=O)N(C)C(C)(C)C(C)(F)c2ccccc2)c(C)c1C. The van der Waals surface area contributed by atoms with Crippen molar-refractivity contribution in [3.63, 3.8) is 0 Å². The van der Waals surface area contributed by atoms with Crippen LogP contribution >= 0.6 is 0 Å². The summed E-state index contributed by atoms with van der Waals surface area (Å²) in [7, 11) is 1.70. The predicted octanol–water partition coefficient (Wildman–Crippen LogP) is 6.99. The Labute approximate surface area is 177 Å². The quantitative estimate of drug-likeness (QED) is 0.542. The highest BCUT2D eigenvalue weighted by molar-refractivity contribution is 5.98. The molecule has 2 aromatic carbocycles. The third kappa shape index (κ3) is 4.24. The van der Waals surface area contributed by atoms with Crippen molar-refractivity contribution in [3.05, 3.63) is 69.3 Å². The van der Waals surface area contributed by atoms with Crippen molar-refractivity contribution in [1.82, 2.24) is 4.90 Å². The Hall–Kier alpha value is -2.16. The molecule has 0 aliphatic heterocycles. The summed E-state index contributed by atoms with van der Waals surface area (Å²) in [5.41, 5.74) is 3.94. The highest BCUT2D eigenvalue weighted by Gasteiger charge is 2.48. The lowest BCUT2D eigenvalue weighted by molar-refractivity contribution is -0.00922. The monoisotopic (exact) mass is 399 g/mol. The molecular weight excluding hydrogens is 361 g/mol. The zero-order valence-electron chi connectivity index (χ0n) is 20.1. The molecule has 2 aromatic rings. The van der Waals surface area contributed by atoms with E-state index in [4.69, 9.17) is 0 Å². The second-order valence-corrected chi connectivity index (χ2v) is 8.29. The van der Waals surface area contributed by atoms with Gasteiger partial charge in [-0.1, -0.05) is 44.2 Å². The zero-order chi connectivity index (χ0) is 22.7. The Bertz CT molecular complexity index is 837. The highest BCUT2D eigenvalue weighted by Crippen LogP contribution is 2.41. The Morgan fingerprint density at radius 2 is 1.17 bits per heavy atom. The van der Waals surface area contributed by atoms with Gasteiger partial charge in [-0.2, -0.15) is 0 Å². The van der Waals surface area contributed by atoms with Crippen LogP contribution in [0.15, 0.2) is 30.3 Å². The fourth-order valence-electron chi connectivity index (χ4n) is 3.66. The molecule has 3 heteroatoms. The topological polar surface area (TPSA) is 20.3 Å². The van der Waals surface area contributed by atoms with Crippen LogP contribution in [-0.2, 0) is 5.67 Å². The van der Waals surface area contributed by atoms with Gasteiger partial charge in [0.05, 0.1) is 5.54 Å². The maximum absolute atomic E-state index is 16.0. The first kappa shape index (κ1) is 24.9. The van der Waals surface area contributed by atoms with E-state index in [2.05, 4.69) is 6.92 Å². The van der Waals surface area contributed by atoms with Crippen molar-refractivity contribution in [2.45, 2.75) is 80.4 Å². The van der Waals surface area contributed by atoms with Gasteiger partial charge in [-0.25, -0.2) is 4.39 Å². The van der Waals surface area contributed by atoms with E-state index in [0.717, 1.165) is 22.3 Å². The van der Waals surface area contributed by atoms with Crippen LogP contribution < -0.4 is 0 Å². The Balaban J connectivity index is 0.00000204. The molecule has 0 aliphatic rings. The van der Waals surface area contributed by atoms with E-state index in [1.807, 2.05) is 59.7 Å². The summed E-state index contributed by atoms with van der Waals surface area (Å²) in [6.45, 7) is 19.3. The molecule has 1 atom stereocenters. The van der Waals surface area contributed by atoms with Crippen LogP contribution in [-0.4, -0.2) is 23.4 Å². The van der Waals surface area contributed by atoms with Crippen molar-refractivity contribution in [2.75, 3.05) is 7.05 Å². The zero-order valence-corrected chi connectivity index (χ0v) is 20.1. The van der Waals surface area contributed by atoms with E-state index in [0.29, 0.717) is 11.1 Å². The largest absolute Gasteiger partial charge is 0.333 e. The van der Waals surface area contributed by atoms with Gasteiger partial charge in [0, 0.05) is 12.6 Å². The molecule has 1 unspecified atom stereocenters. The fraction of sp³-hybridized carbons (Fsp3) is 0.500. The van der Waals surface area contributed by atoms with Gasteiger partial charge in [0.25, 0.3) is 5.91 Å². The summed E-state index contributed by atoms with van der Waals surface area (Å²) < 4.78 is 16.0. The fourth-order valence-corrected chi connectivity index (χ4v) is 3.66. The van der Waals surface area contributed by atoms with E-state index < -0.39 is 11.2 Å². The predicted molar refractivity (Wildman–Crippen MR) is 123 cm³/mol. The number of hydrogen-bond acceptors (Lipinski definition) is 1. The third-order valence-electron chi connectivity index (χ3n) is 6.82. The molecule has 0 saturated carbocycles. The average molecular weight is 400 g/mol.